The van der Waals surface area contributed by atoms with Crippen LogP contribution < -0.4 is 0 Å². The maximum absolute atomic E-state index is 5.14. The fraction of sp³-hybridized carbons (Fsp3) is 1.00. The van der Waals surface area contributed by atoms with Crippen molar-refractivity contribution in [3.05, 3.63) is 0 Å². The molecular formula is C7H16PS2+. The maximum atomic E-state index is 5.14. The summed E-state index contributed by atoms with van der Waals surface area (Å²) in [7, 11) is 0. The first-order chi connectivity index (χ1) is 4.72. The van der Waals surface area contributed by atoms with Gasteiger partial charge in [0, 0.05) is 0 Å². The Labute approximate surface area is 75.4 Å². The average molecular weight is 195 g/mol. The first-order valence-corrected chi connectivity index (χ1v) is 7.45. The van der Waals surface area contributed by atoms with E-state index >= 15 is 0 Å². The average Bonchev–Trinajstić information content (AvgIpc) is 1.89. The first kappa shape index (κ1) is 10.9. The van der Waals surface area contributed by atoms with Gasteiger partial charge >= 0.3 is 0 Å². The van der Waals surface area contributed by atoms with Gasteiger partial charge in [0.1, 0.15) is 5.66 Å². The van der Waals surface area contributed by atoms with Crippen LogP contribution in [0, 0.1) is 0 Å². The highest BCUT2D eigenvalue weighted by molar-refractivity contribution is 8.56. The molecule has 0 aliphatic carbocycles. The topological polar surface area (TPSA) is 0 Å². The molecule has 2 unspecified atom stereocenters. The number of hydrogen-bond acceptors (Lipinski definition) is 1. The number of hydrogen-bond donors (Lipinski definition) is 1. The van der Waals surface area contributed by atoms with E-state index in [1.165, 1.54) is 25.7 Å². The Morgan fingerprint density at radius 3 is 2.40 bits per heavy atom. The van der Waals surface area contributed by atoms with Crippen molar-refractivity contribution in [2.24, 2.45) is 0 Å². The van der Waals surface area contributed by atoms with Crippen LogP contribution in [0.3, 0.4) is 0 Å². The molecule has 0 bridgehead atoms. The lowest BCUT2D eigenvalue weighted by Crippen LogP contribution is -1.96. The molecule has 0 aromatic rings. The van der Waals surface area contributed by atoms with Gasteiger partial charge in [0.25, 0.3) is 0 Å². The minimum atomic E-state index is -0.398. The van der Waals surface area contributed by atoms with E-state index in [0.717, 1.165) is 0 Å². The smallest absolute Gasteiger partial charge is 0.0654 e. The van der Waals surface area contributed by atoms with E-state index in [1.54, 1.807) is 0 Å². The molecule has 60 valence electrons. The quantitative estimate of drug-likeness (QED) is 0.515. The number of rotatable bonds is 5. The van der Waals surface area contributed by atoms with E-state index < -0.39 is 5.90 Å². The molecule has 0 N–H and O–H groups in total. The monoisotopic (exact) mass is 195 g/mol. The predicted molar refractivity (Wildman–Crippen MR) is 56.9 cm³/mol. The molecule has 0 rings (SSSR count). The van der Waals surface area contributed by atoms with Crippen molar-refractivity contribution in [2.45, 2.75) is 45.2 Å². The van der Waals surface area contributed by atoms with Crippen molar-refractivity contribution in [2.75, 3.05) is 0 Å². The zero-order chi connectivity index (χ0) is 7.98. The minimum absolute atomic E-state index is 0.398. The predicted octanol–water partition coefficient (Wildman–Crippen LogP) is 3.74. The fourth-order valence-electron chi connectivity index (χ4n) is 0.910. The lowest BCUT2D eigenvalue weighted by Gasteiger charge is -2.01. The highest BCUT2D eigenvalue weighted by atomic mass is 32.9. The zero-order valence-corrected chi connectivity index (χ0v) is 9.31. The summed E-state index contributed by atoms with van der Waals surface area (Å²) >= 11 is 9.47. The van der Waals surface area contributed by atoms with Crippen LogP contribution in [0.25, 0.3) is 0 Å². The summed E-state index contributed by atoms with van der Waals surface area (Å²) in [4.78, 5) is 0. The first-order valence-electron chi connectivity index (χ1n) is 3.87. The second kappa shape index (κ2) is 6.57. The molecular weight excluding hydrogens is 179 g/mol. The van der Waals surface area contributed by atoms with Crippen LogP contribution in [0.1, 0.15) is 39.5 Å². The van der Waals surface area contributed by atoms with Crippen molar-refractivity contribution in [3.63, 3.8) is 0 Å². The Kier molecular flexibility index (Phi) is 7.14. The zero-order valence-electron chi connectivity index (χ0n) is 6.71. The summed E-state index contributed by atoms with van der Waals surface area (Å²) in [5.74, 6) is -0.398. The van der Waals surface area contributed by atoms with E-state index in [1.807, 2.05) is 0 Å². The van der Waals surface area contributed by atoms with Crippen LogP contribution in [0.15, 0.2) is 0 Å². The number of unbranched alkanes of at least 4 members (excludes halogenated alkanes) is 1. The van der Waals surface area contributed by atoms with Crippen LogP contribution in [0.4, 0.5) is 0 Å². The van der Waals surface area contributed by atoms with E-state index in [2.05, 4.69) is 26.1 Å². The van der Waals surface area contributed by atoms with E-state index in [0.29, 0.717) is 5.66 Å². The molecule has 0 radical (unpaired) electrons. The van der Waals surface area contributed by atoms with Gasteiger partial charge in [-0.2, -0.15) is 0 Å². The Morgan fingerprint density at radius 1 is 1.50 bits per heavy atom. The molecule has 0 amide bonds. The molecule has 0 spiro atoms. The Morgan fingerprint density at radius 2 is 2.10 bits per heavy atom. The van der Waals surface area contributed by atoms with E-state index in [4.69, 9.17) is 11.8 Å². The van der Waals surface area contributed by atoms with Crippen molar-refractivity contribution in [1.29, 1.82) is 0 Å². The molecule has 3 heteroatoms. The van der Waals surface area contributed by atoms with Gasteiger partial charge in [-0.15, -0.1) is 0 Å². The third kappa shape index (κ3) is 4.65. The molecule has 0 aliphatic heterocycles. The highest BCUT2D eigenvalue weighted by Gasteiger charge is 2.18. The van der Waals surface area contributed by atoms with E-state index in [9.17, 15) is 0 Å². The van der Waals surface area contributed by atoms with Crippen molar-refractivity contribution in [1.82, 2.24) is 0 Å². The summed E-state index contributed by atoms with van der Waals surface area (Å²) in [6.45, 7) is 4.43. The van der Waals surface area contributed by atoms with Crippen molar-refractivity contribution >= 4 is 30.0 Å². The van der Waals surface area contributed by atoms with Crippen LogP contribution in [0.5, 0.6) is 0 Å². The van der Waals surface area contributed by atoms with Gasteiger partial charge < -0.3 is 0 Å². The van der Waals surface area contributed by atoms with Crippen molar-refractivity contribution in [3.8, 4) is 0 Å². The van der Waals surface area contributed by atoms with Gasteiger partial charge in [-0.05, 0) is 19.3 Å². The third-order valence-electron chi connectivity index (χ3n) is 1.67. The van der Waals surface area contributed by atoms with E-state index in [-0.39, 0.29) is 0 Å². The van der Waals surface area contributed by atoms with Crippen LogP contribution in [-0.2, 0) is 11.8 Å². The molecule has 0 saturated carbocycles. The highest BCUT2D eigenvalue weighted by Crippen LogP contribution is 2.37. The fourth-order valence-corrected chi connectivity index (χ4v) is 3.23. The second-order valence-corrected chi connectivity index (χ2v) is 7.13. The minimum Gasteiger partial charge on any atom is -0.0654 e. The third-order valence-corrected chi connectivity index (χ3v) is 4.80. The molecule has 2 atom stereocenters. The summed E-state index contributed by atoms with van der Waals surface area (Å²) in [6, 6.07) is 0. The molecule has 0 saturated heterocycles. The van der Waals surface area contributed by atoms with Crippen molar-refractivity contribution < 1.29 is 0 Å². The second-order valence-electron chi connectivity index (χ2n) is 2.51. The largest absolute Gasteiger partial charge is 0.245 e. The standard InChI is InChI=1S/C7H15PS2/c1-3-5-6-7(4-2)8(9)10/h7H,3-6H2,1-2H3/p+1. The Bertz CT molecular complexity index is 104. The van der Waals surface area contributed by atoms with Gasteiger partial charge in [0.2, 0.25) is 5.90 Å². The Hall–Kier alpha value is 0.870. The summed E-state index contributed by atoms with van der Waals surface area (Å²) < 4.78 is 0. The lowest BCUT2D eigenvalue weighted by atomic mass is 10.2. The molecule has 0 nitrogen and oxygen atoms in total. The van der Waals surface area contributed by atoms with Gasteiger partial charge in [0.15, 0.2) is 11.8 Å². The molecule has 0 aromatic carbocycles. The van der Waals surface area contributed by atoms with Crippen LogP contribution >= 0.6 is 18.1 Å². The summed E-state index contributed by atoms with van der Waals surface area (Å²) in [5.41, 5.74) is 0.716. The Balaban J connectivity index is 3.50. The van der Waals surface area contributed by atoms with Gasteiger partial charge in [-0.1, -0.05) is 20.3 Å². The molecule has 0 aliphatic rings. The molecule has 0 fully saturated rings. The van der Waals surface area contributed by atoms with Gasteiger partial charge in [-0.3, -0.25) is 0 Å². The van der Waals surface area contributed by atoms with Gasteiger partial charge in [-0.25, -0.2) is 0 Å². The maximum Gasteiger partial charge on any atom is 0.245 e. The number of thiol groups is 1. The summed E-state index contributed by atoms with van der Waals surface area (Å²) in [5, 5.41) is 0. The lowest BCUT2D eigenvalue weighted by molar-refractivity contribution is 0.669. The summed E-state index contributed by atoms with van der Waals surface area (Å²) in [6.07, 6.45) is 5.09. The molecule has 10 heavy (non-hydrogen) atoms. The van der Waals surface area contributed by atoms with Gasteiger partial charge in [0.05, 0.1) is 12.2 Å². The normalized spacial score (nSPS) is 14.9. The van der Waals surface area contributed by atoms with Crippen LogP contribution in [-0.4, -0.2) is 5.66 Å². The molecule has 0 heterocycles. The van der Waals surface area contributed by atoms with Crippen LogP contribution in [0.2, 0.25) is 0 Å². The molecule has 0 aromatic heterocycles. The SMILES string of the molecule is CCCCC(CC)[P+](=S)S.